The van der Waals surface area contributed by atoms with E-state index in [0.717, 1.165) is 11.6 Å². The first-order valence-corrected chi connectivity index (χ1v) is 4.14. The van der Waals surface area contributed by atoms with Gasteiger partial charge in [-0.05, 0) is 31.2 Å². The molecular weight excluding hydrogens is 136 g/mol. The lowest BCUT2D eigenvalue weighted by molar-refractivity contribution is 0.416. The molecule has 1 fully saturated rings. The van der Waals surface area contributed by atoms with Crippen LogP contribution in [0.1, 0.15) is 36.4 Å². The van der Waals surface area contributed by atoms with Gasteiger partial charge in [0.15, 0.2) is 0 Å². The maximum absolute atomic E-state index is 4.17. The summed E-state index contributed by atoms with van der Waals surface area (Å²) in [4.78, 5) is 8.21. The van der Waals surface area contributed by atoms with Crippen molar-refractivity contribution in [2.75, 3.05) is 0 Å². The smallest absolute Gasteiger partial charge is 0.115 e. The molecule has 2 rings (SSSR count). The highest BCUT2D eigenvalue weighted by molar-refractivity contribution is 5.21. The Hall–Kier alpha value is -0.920. The fourth-order valence-electron chi connectivity index (χ4n) is 1.52. The molecule has 0 radical (unpaired) electrons. The van der Waals surface area contributed by atoms with Crippen molar-refractivity contribution in [2.45, 2.75) is 32.1 Å². The minimum atomic E-state index is 0.760. The molecule has 58 valence electrons. The maximum Gasteiger partial charge on any atom is 0.115 e. The van der Waals surface area contributed by atoms with Crippen LogP contribution in [-0.2, 0) is 0 Å². The zero-order chi connectivity index (χ0) is 7.68. The van der Waals surface area contributed by atoms with Gasteiger partial charge in [-0.1, -0.05) is 6.42 Å². The van der Waals surface area contributed by atoms with E-state index in [0.29, 0.717) is 0 Å². The third kappa shape index (κ3) is 1.13. The van der Waals surface area contributed by atoms with E-state index in [4.69, 9.17) is 0 Å². The molecule has 0 aliphatic heterocycles. The van der Waals surface area contributed by atoms with Gasteiger partial charge < -0.3 is 0 Å². The van der Waals surface area contributed by atoms with Gasteiger partial charge in [0.25, 0.3) is 0 Å². The Morgan fingerprint density at radius 3 is 2.82 bits per heavy atom. The molecule has 1 aromatic rings. The average Bonchev–Trinajstić information content (AvgIpc) is 1.90. The van der Waals surface area contributed by atoms with Gasteiger partial charge >= 0.3 is 0 Å². The molecule has 0 amide bonds. The van der Waals surface area contributed by atoms with Crippen LogP contribution in [-0.4, -0.2) is 9.97 Å². The molecule has 2 heteroatoms. The Kier molecular flexibility index (Phi) is 1.60. The van der Waals surface area contributed by atoms with Gasteiger partial charge in [-0.25, -0.2) is 9.97 Å². The molecule has 0 unspecified atom stereocenters. The monoisotopic (exact) mass is 148 g/mol. The van der Waals surface area contributed by atoms with Crippen LogP contribution >= 0.6 is 0 Å². The quantitative estimate of drug-likeness (QED) is 0.609. The Labute approximate surface area is 66.7 Å². The van der Waals surface area contributed by atoms with Crippen molar-refractivity contribution < 1.29 is 0 Å². The predicted octanol–water partition coefficient (Wildman–Crippen LogP) is 2.05. The summed E-state index contributed by atoms with van der Waals surface area (Å²) in [5.74, 6) is 0.760. The molecule has 1 aromatic heterocycles. The van der Waals surface area contributed by atoms with Crippen molar-refractivity contribution in [3.8, 4) is 0 Å². The van der Waals surface area contributed by atoms with Gasteiger partial charge in [-0.2, -0.15) is 0 Å². The van der Waals surface area contributed by atoms with Crippen molar-refractivity contribution in [2.24, 2.45) is 0 Å². The second kappa shape index (κ2) is 2.61. The molecule has 0 aromatic carbocycles. The van der Waals surface area contributed by atoms with E-state index >= 15 is 0 Å². The summed E-state index contributed by atoms with van der Waals surface area (Å²) in [6, 6.07) is 0. The largest absolute Gasteiger partial charge is 0.245 e. The van der Waals surface area contributed by atoms with E-state index in [1.807, 2.05) is 6.20 Å². The van der Waals surface area contributed by atoms with Gasteiger partial charge in [0.2, 0.25) is 0 Å². The van der Waals surface area contributed by atoms with Gasteiger partial charge in [-0.3, -0.25) is 0 Å². The molecule has 1 heterocycles. The second-order valence-electron chi connectivity index (χ2n) is 3.19. The summed E-state index contributed by atoms with van der Waals surface area (Å²) in [6.45, 7) is 2.06. The first kappa shape index (κ1) is 6.77. The number of hydrogen-bond donors (Lipinski definition) is 0. The van der Waals surface area contributed by atoms with E-state index in [9.17, 15) is 0 Å². The van der Waals surface area contributed by atoms with Gasteiger partial charge in [0.1, 0.15) is 6.33 Å². The van der Waals surface area contributed by atoms with Crippen LogP contribution in [0.3, 0.4) is 0 Å². The molecule has 0 atom stereocenters. The summed E-state index contributed by atoms with van der Waals surface area (Å²) in [7, 11) is 0. The van der Waals surface area contributed by atoms with Crippen molar-refractivity contribution in [3.05, 3.63) is 23.8 Å². The van der Waals surface area contributed by atoms with Crippen molar-refractivity contribution in [1.29, 1.82) is 0 Å². The zero-order valence-corrected chi connectivity index (χ0v) is 6.75. The normalized spacial score (nSPS) is 17.9. The minimum Gasteiger partial charge on any atom is -0.245 e. The highest BCUT2D eigenvalue weighted by Crippen LogP contribution is 2.36. The number of rotatable bonds is 1. The molecule has 0 spiro atoms. The molecule has 0 N–H and O–H groups in total. The third-order valence-electron chi connectivity index (χ3n) is 2.49. The van der Waals surface area contributed by atoms with Crippen LogP contribution in [0.4, 0.5) is 0 Å². The fourth-order valence-corrected chi connectivity index (χ4v) is 1.52. The van der Waals surface area contributed by atoms with Crippen LogP contribution in [0.5, 0.6) is 0 Å². The highest BCUT2D eigenvalue weighted by Gasteiger charge is 2.21. The highest BCUT2D eigenvalue weighted by atomic mass is 14.8. The summed E-state index contributed by atoms with van der Waals surface area (Å²) in [5.41, 5.74) is 2.52. The molecule has 1 aliphatic rings. The summed E-state index contributed by atoms with van der Waals surface area (Å²) < 4.78 is 0. The van der Waals surface area contributed by atoms with E-state index in [-0.39, 0.29) is 0 Å². The average molecular weight is 148 g/mol. The van der Waals surface area contributed by atoms with Crippen LogP contribution in [0.25, 0.3) is 0 Å². The molecule has 1 saturated carbocycles. The van der Waals surface area contributed by atoms with E-state index in [1.54, 1.807) is 6.33 Å². The molecule has 0 bridgehead atoms. The Morgan fingerprint density at radius 1 is 1.45 bits per heavy atom. The summed E-state index contributed by atoms with van der Waals surface area (Å²) in [6.07, 6.45) is 7.62. The molecular formula is C9H12N2. The van der Waals surface area contributed by atoms with Crippen LogP contribution in [0, 0.1) is 6.92 Å². The van der Waals surface area contributed by atoms with Gasteiger partial charge in [-0.15, -0.1) is 0 Å². The zero-order valence-electron chi connectivity index (χ0n) is 6.75. The van der Waals surface area contributed by atoms with E-state index < -0.39 is 0 Å². The van der Waals surface area contributed by atoms with Crippen molar-refractivity contribution in [1.82, 2.24) is 9.97 Å². The second-order valence-corrected chi connectivity index (χ2v) is 3.19. The first-order chi connectivity index (χ1) is 5.38. The lowest BCUT2D eigenvalue weighted by Gasteiger charge is -2.26. The maximum atomic E-state index is 4.17. The lowest BCUT2D eigenvalue weighted by atomic mass is 9.80. The minimum absolute atomic E-state index is 0.760. The Balaban J connectivity index is 2.28. The lowest BCUT2D eigenvalue weighted by Crippen LogP contribution is -2.11. The fraction of sp³-hybridized carbons (Fsp3) is 0.556. The van der Waals surface area contributed by atoms with Crippen molar-refractivity contribution in [3.63, 3.8) is 0 Å². The third-order valence-corrected chi connectivity index (χ3v) is 2.49. The summed E-state index contributed by atoms with van der Waals surface area (Å²) >= 11 is 0. The number of aromatic nitrogens is 2. The van der Waals surface area contributed by atoms with Crippen LogP contribution < -0.4 is 0 Å². The predicted molar refractivity (Wildman–Crippen MR) is 43.4 cm³/mol. The molecule has 11 heavy (non-hydrogen) atoms. The van der Waals surface area contributed by atoms with E-state index in [2.05, 4.69) is 16.9 Å². The number of aryl methyl sites for hydroxylation is 1. The Morgan fingerprint density at radius 2 is 2.27 bits per heavy atom. The molecule has 0 saturated heterocycles. The van der Waals surface area contributed by atoms with Crippen molar-refractivity contribution >= 4 is 0 Å². The van der Waals surface area contributed by atoms with Crippen LogP contribution in [0.2, 0.25) is 0 Å². The van der Waals surface area contributed by atoms with Gasteiger partial charge in [0.05, 0.1) is 0 Å². The Bertz CT molecular complexity index is 253. The first-order valence-electron chi connectivity index (χ1n) is 4.14. The summed E-state index contributed by atoms with van der Waals surface area (Å²) in [5, 5.41) is 0. The number of nitrogens with zero attached hydrogens (tertiary/aromatic N) is 2. The van der Waals surface area contributed by atoms with Gasteiger partial charge in [0, 0.05) is 11.9 Å². The SMILES string of the molecule is Cc1ncncc1C1CCC1. The van der Waals surface area contributed by atoms with E-state index in [1.165, 1.54) is 24.8 Å². The number of hydrogen-bond acceptors (Lipinski definition) is 2. The molecule has 2 nitrogen and oxygen atoms in total. The standard InChI is InChI=1S/C9H12N2/c1-7-9(5-10-6-11-7)8-3-2-4-8/h5-6,8H,2-4H2,1H3. The molecule has 1 aliphatic carbocycles. The van der Waals surface area contributed by atoms with Crippen LogP contribution in [0.15, 0.2) is 12.5 Å². The topological polar surface area (TPSA) is 25.8 Å².